The molecule has 2 aliphatic heterocycles. The molecule has 0 bridgehead atoms. The number of urea groups is 1. The van der Waals surface area contributed by atoms with Crippen LogP contribution in [0.25, 0.3) is 0 Å². The van der Waals surface area contributed by atoms with E-state index in [0.29, 0.717) is 27.9 Å². The van der Waals surface area contributed by atoms with Crippen LogP contribution in [-0.4, -0.2) is 53.1 Å². The third-order valence-corrected chi connectivity index (χ3v) is 7.84. The van der Waals surface area contributed by atoms with Crippen molar-refractivity contribution in [3.8, 4) is 11.8 Å². The first-order chi connectivity index (χ1) is 19.1. The molecule has 5 rings (SSSR count). The molecule has 0 saturated carbocycles. The number of anilines is 1. The SMILES string of the molecule is CC(c1ccc(OCC(=O)O)cc1)N1C[C@@H](c2ccc(C#N)cc2)[C@@]2(C1)NC(=O)N(c1cc(Cl)cc(Cl)c1)C2=O. The number of ether oxygens (including phenoxy) is 1. The number of hydrogen-bond acceptors (Lipinski definition) is 6. The first kappa shape index (κ1) is 27.5. The first-order valence-electron chi connectivity index (χ1n) is 12.4. The van der Waals surface area contributed by atoms with Gasteiger partial charge in [0.2, 0.25) is 0 Å². The molecule has 2 saturated heterocycles. The van der Waals surface area contributed by atoms with E-state index >= 15 is 0 Å². The topological polar surface area (TPSA) is 123 Å². The zero-order chi connectivity index (χ0) is 28.6. The Labute approximate surface area is 240 Å². The Bertz CT molecular complexity index is 1500. The van der Waals surface area contributed by atoms with Crippen LogP contribution in [0.1, 0.15) is 35.6 Å². The molecule has 9 nitrogen and oxygen atoms in total. The molecule has 3 amide bonds. The second kappa shape index (κ2) is 10.8. The zero-order valence-corrected chi connectivity index (χ0v) is 22.8. The number of benzene rings is 3. The number of nitriles is 1. The van der Waals surface area contributed by atoms with Gasteiger partial charge in [-0.15, -0.1) is 0 Å². The van der Waals surface area contributed by atoms with E-state index in [1.54, 1.807) is 24.3 Å². The number of halogens is 2. The van der Waals surface area contributed by atoms with E-state index in [2.05, 4.69) is 16.3 Å². The molecule has 0 aliphatic carbocycles. The summed E-state index contributed by atoms with van der Waals surface area (Å²) in [6.45, 7) is 2.23. The fourth-order valence-corrected chi connectivity index (χ4v) is 5.91. The van der Waals surface area contributed by atoms with E-state index in [1.807, 2.05) is 31.2 Å². The molecule has 3 atom stereocenters. The van der Waals surface area contributed by atoms with Crippen molar-refractivity contribution in [3.05, 3.63) is 93.5 Å². The predicted octanol–water partition coefficient (Wildman–Crippen LogP) is 4.98. The van der Waals surface area contributed by atoms with Gasteiger partial charge in [-0.25, -0.2) is 14.5 Å². The smallest absolute Gasteiger partial charge is 0.341 e. The lowest BCUT2D eigenvalue weighted by atomic mass is 9.81. The normalized spacial score (nSPS) is 21.4. The van der Waals surface area contributed by atoms with E-state index in [9.17, 15) is 19.6 Å². The molecule has 2 fully saturated rings. The number of carbonyl (C=O) groups is 3. The molecule has 0 aromatic heterocycles. The average Bonchev–Trinajstić information content (AvgIpc) is 3.43. The number of likely N-dealkylation sites (tertiary alicyclic amines) is 1. The van der Waals surface area contributed by atoms with Crippen LogP contribution in [0.5, 0.6) is 5.75 Å². The lowest BCUT2D eigenvalue weighted by Gasteiger charge is -2.29. The maximum atomic E-state index is 14.2. The van der Waals surface area contributed by atoms with Crippen molar-refractivity contribution in [3.63, 3.8) is 0 Å². The molecular formula is C29H24Cl2N4O5. The molecule has 0 radical (unpaired) electrons. The monoisotopic (exact) mass is 578 g/mol. The number of nitrogens with zero attached hydrogens (tertiary/aromatic N) is 3. The number of aliphatic carboxylic acids is 1. The molecular weight excluding hydrogens is 555 g/mol. The van der Waals surface area contributed by atoms with Gasteiger partial charge in [-0.3, -0.25) is 9.69 Å². The van der Waals surface area contributed by atoms with Crippen molar-refractivity contribution in [2.75, 3.05) is 24.6 Å². The van der Waals surface area contributed by atoms with E-state index in [1.165, 1.54) is 18.2 Å². The molecule has 1 spiro atoms. The van der Waals surface area contributed by atoms with Gasteiger partial charge in [-0.05, 0) is 60.5 Å². The Kier molecular flexibility index (Phi) is 7.43. The maximum Gasteiger partial charge on any atom is 0.341 e. The summed E-state index contributed by atoms with van der Waals surface area (Å²) in [6.07, 6.45) is 0. The molecule has 3 aromatic rings. The van der Waals surface area contributed by atoms with Gasteiger partial charge in [0.05, 0.1) is 17.3 Å². The van der Waals surface area contributed by atoms with Crippen LogP contribution in [0.4, 0.5) is 10.5 Å². The summed E-state index contributed by atoms with van der Waals surface area (Å²) in [5.74, 6) is -1.47. The number of carboxylic acids is 1. The highest BCUT2D eigenvalue weighted by Gasteiger charge is 2.61. The van der Waals surface area contributed by atoms with Gasteiger partial charge in [0.15, 0.2) is 6.61 Å². The molecule has 11 heteroatoms. The predicted molar refractivity (Wildman–Crippen MR) is 149 cm³/mol. The van der Waals surface area contributed by atoms with E-state index in [4.69, 9.17) is 33.0 Å². The summed E-state index contributed by atoms with van der Waals surface area (Å²) in [7, 11) is 0. The second-order valence-corrected chi connectivity index (χ2v) is 10.7. The van der Waals surface area contributed by atoms with Gasteiger partial charge >= 0.3 is 12.0 Å². The number of carbonyl (C=O) groups excluding carboxylic acids is 2. The summed E-state index contributed by atoms with van der Waals surface area (Å²) in [4.78, 5) is 41.5. The van der Waals surface area contributed by atoms with Gasteiger partial charge in [-0.1, -0.05) is 47.5 Å². The van der Waals surface area contributed by atoms with Gasteiger partial charge in [0.25, 0.3) is 5.91 Å². The molecule has 2 heterocycles. The minimum Gasteiger partial charge on any atom is -0.482 e. The lowest BCUT2D eigenvalue weighted by Crippen LogP contribution is -2.53. The van der Waals surface area contributed by atoms with Crippen LogP contribution in [0, 0.1) is 11.3 Å². The van der Waals surface area contributed by atoms with Gasteiger partial charge < -0.3 is 15.2 Å². The Morgan fingerprint density at radius 1 is 1.12 bits per heavy atom. The molecule has 3 aromatic carbocycles. The second-order valence-electron chi connectivity index (χ2n) is 9.81. The highest BCUT2D eigenvalue weighted by Crippen LogP contribution is 2.44. The number of imide groups is 1. The Morgan fingerprint density at radius 2 is 1.77 bits per heavy atom. The summed E-state index contributed by atoms with van der Waals surface area (Å²) in [6, 6.07) is 20.0. The Hall–Kier alpha value is -4.10. The summed E-state index contributed by atoms with van der Waals surface area (Å²) in [5, 5.41) is 21.7. The summed E-state index contributed by atoms with van der Waals surface area (Å²) in [5.41, 5.74) is 1.22. The molecule has 1 unspecified atom stereocenters. The first-order valence-corrected chi connectivity index (χ1v) is 13.2. The lowest BCUT2D eigenvalue weighted by molar-refractivity contribution is -0.139. The number of nitrogens with one attached hydrogen (secondary N) is 1. The standard InChI is InChI=1S/C29H24Cl2N4O5/c1-17(19-6-8-24(9-7-19)40-15-26(36)37)34-14-25(20-4-2-18(13-32)3-5-20)29(16-34)27(38)35(28(39)33-29)23-11-21(30)10-22(31)12-23/h2-12,17,25H,14-16H2,1H3,(H,33,39)(H,36,37)/t17?,25-,29+/m0/s1. The average molecular weight is 579 g/mol. The van der Waals surface area contributed by atoms with E-state index < -0.39 is 36.0 Å². The van der Waals surface area contributed by atoms with Gasteiger partial charge in [-0.2, -0.15) is 5.26 Å². The molecule has 40 heavy (non-hydrogen) atoms. The highest BCUT2D eigenvalue weighted by molar-refractivity contribution is 6.35. The van der Waals surface area contributed by atoms with Crippen molar-refractivity contribution in [2.45, 2.75) is 24.4 Å². The zero-order valence-electron chi connectivity index (χ0n) is 21.3. The minimum absolute atomic E-state index is 0.159. The largest absolute Gasteiger partial charge is 0.482 e. The van der Waals surface area contributed by atoms with Crippen LogP contribution < -0.4 is 15.0 Å². The highest BCUT2D eigenvalue weighted by atomic mass is 35.5. The number of carboxylic acid groups (broad SMARTS) is 1. The van der Waals surface area contributed by atoms with E-state index in [0.717, 1.165) is 16.0 Å². The van der Waals surface area contributed by atoms with Crippen LogP contribution in [0.2, 0.25) is 10.0 Å². The third kappa shape index (κ3) is 5.09. The van der Waals surface area contributed by atoms with Crippen molar-refractivity contribution in [1.82, 2.24) is 10.2 Å². The van der Waals surface area contributed by atoms with Crippen molar-refractivity contribution in [2.24, 2.45) is 0 Å². The van der Waals surface area contributed by atoms with Crippen molar-refractivity contribution < 1.29 is 24.2 Å². The maximum absolute atomic E-state index is 14.2. The third-order valence-electron chi connectivity index (χ3n) is 7.40. The van der Waals surface area contributed by atoms with Crippen molar-refractivity contribution >= 4 is 46.8 Å². The Morgan fingerprint density at radius 3 is 2.38 bits per heavy atom. The quantitative estimate of drug-likeness (QED) is 0.379. The molecule has 2 N–H and O–H groups in total. The van der Waals surface area contributed by atoms with E-state index in [-0.39, 0.29) is 18.3 Å². The summed E-state index contributed by atoms with van der Waals surface area (Å²) < 4.78 is 5.24. The summed E-state index contributed by atoms with van der Waals surface area (Å²) >= 11 is 12.4. The van der Waals surface area contributed by atoms with Crippen molar-refractivity contribution in [1.29, 1.82) is 5.26 Å². The van der Waals surface area contributed by atoms with Crippen LogP contribution in [-0.2, 0) is 9.59 Å². The van der Waals surface area contributed by atoms with Crippen LogP contribution >= 0.6 is 23.2 Å². The van der Waals surface area contributed by atoms with Crippen LogP contribution in [0.15, 0.2) is 66.7 Å². The number of amides is 3. The molecule has 204 valence electrons. The van der Waals surface area contributed by atoms with Gasteiger partial charge in [0.1, 0.15) is 11.3 Å². The number of hydrogen-bond donors (Lipinski definition) is 2. The number of rotatable bonds is 7. The minimum atomic E-state index is -1.28. The van der Waals surface area contributed by atoms with Gasteiger partial charge in [0, 0.05) is 35.1 Å². The Balaban J connectivity index is 1.49. The fourth-order valence-electron chi connectivity index (χ4n) is 5.40. The molecule has 2 aliphatic rings. The fraction of sp³-hybridized carbons (Fsp3) is 0.241. The van der Waals surface area contributed by atoms with Crippen LogP contribution in [0.3, 0.4) is 0 Å².